The molecule has 2 N–H and O–H groups in total. The summed E-state index contributed by atoms with van der Waals surface area (Å²) in [5.74, 6) is 0.979. The zero-order chi connectivity index (χ0) is 21.8. The fourth-order valence-electron chi connectivity index (χ4n) is 2.42. The van der Waals surface area contributed by atoms with E-state index in [4.69, 9.17) is 4.74 Å². The minimum Gasteiger partial charge on any atom is -0.439 e. The molecule has 0 aliphatic heterocycles. The number of hydrogen-bond donors (Lipinski definition) is 2. The van der Waals surface area contributed by atoms with Crippen LogP contribution >= 0.6 is 11.3 Å². The second-order valence-electron chi connectivity index (χ2n) is 6.06. The lowest BCUT2D eigenvalue weighted by Gasteiger charge is -2.08. The molecule has 1 amide bonds. The molecule has 0 atom stereocenters. The fraction of sp³-hybridized carbons (Fsp3) is 0.0556. The molecule has 0 saturated heterocycles. The van der Waals surface area contributed by atoms with Crippen molar-refractivity contribution in [3.05, 3.63) is 61.3 Å². The lowest BCUT2D eigenvalue weighted by molar-refractivity contribution is -0.114. The molecule has 0 bridgehead atoms. The molecule has 0 radical (unpaired) electrons. The third-order valence-electron chi connectivity index (χ3n) is 3.73. The van der Waals surface area contributed by atoms with E-state index < -0.39 is 10.0 Å². The van der Waals surface area contributed by atoms with Crippen LogP contribution in [0.15, 0.2) is 65.5 Å². The number of anilines is 2. The quantitative estimate of drug-likeness (QED) is 0.431. The van der Waals surface area contributed by atoms with Crippen LogP contribution in [-0.2, 0) is 14.8 Å². The number of aromatic nitrogens is 5. The van der Waals surface area contributed by atoms with Crippen molar-refractivity contribution in [3.8, 4) is 17.4 Å². The van der Waals surface area contributed by atoms with E-state index in [1.807, 2.05) is 0 Å². The average molecular weight is 457 g/mol. The Morgan fingerprint density at radius 3 is 2.68 bits per heavy atom. The first kappa shape index (κ1) is 20.4. The van der Waals surface area contributed by atoms with Crippen molar-refractivity contribution >= 4 is 38.1 Å². The summed E-state index contributed by atoms with van der Waals surface area (Å²) in [5, 5.41) is 6.76. The SMILES string of the molecule is CC(=O)Nc1ncc(S(=O)(=O)Nc2ccc(Oc3cc(-n4cccn4)ncn3)cc2)s1. The highest BCUT2D eigenvalue weighted by molar-refractivity contribution is 7.94. The molecule has 0 fully saturated rings. The Morgan fingerprint density at radius 1 is 1.16 bits per heavy atom. The third kappa shape index (κ3) is 5.02. The molecule has 3 heterocycles. The minimum absolute atomic E-state index is 0.0243. The van der Waals surface area contributed by atoms with Gasteiger partial charge in [-0.2, -0.15) is 5.10 Å². The van der Waals surface area contributed by atoms with Crippen LogP contribution in [0.4, 0.5) is 10.8 Å². The van der Waals surface area contributed by atoms with E-state index in [0.717, 1.165) is 11.3 Å². The van der Waals surface area contributed by atoms with Crippen molar-refractivity contribution in [2.45, 2.75) is 11.1 Å². The van der Waals surface area contributed by atoms with Gasteiger partial charge in [-0.25, -0.2) is 28.1 Å². The zero-order valence-corrected chi connectivity index (χ0v) is 17.6. The number of sulfonamides is 1. The van der Waals surface area contributed by atoms with Gasteiger partial charge in [0.2, 0.25) is 11.8 Å². The topological polar surface area (TPSA) is 141 Å². The van der Waals surface area contributed by atoms with Crippen LogP contribution in [0.5, 0.6) is 11.6 Å². The number of ether oxygens (including phenoxy) is 1. The molecule has 3 aromatic heterocycles. The van der Waals surface area contributed by atoms with E-state index in [0.29, 0.717) is 23.1 Å². The van der Waals surface area contributed by atoms with Crippen LogP contribution in [0.25, 0.3) is 5.82 Å². The first-order valence-corrected chi connectivity index (χ1v) is 11.1. The van der Waals surface area contributed by atoms with E-state index in [1.54, 1.807) is 53.5 Å². The Kier molecular flexibility index (Phi) is 5.60. The summed E-state index contributed by atoms with van der Waals surface area (Å²) in [6.45, 7) is 1.32. The molecule has 4 rings (SSSR count). The van der Waals surface area contributed by atoms with Gasteiger partial charge in [0.05, 0.1) is 6.20 Å². The van der Waals surface area contributed by atoms with E-state index in [-0.39, 0.29) is 15.2 Å². The van der Waals surface area contributed by atoms with Crippen LogP contribution in [-0.4, -0.2) is 39.1 Å². The van der Waals surface area contributed by atoms with Crippen molar-refractivity contribution in [2.75, 3.05) is 10.0 Å². The third-order valence-corrected chi connectivity index (χ3v) is 6.48. The molecule has 0 aliphatic carbocycles. The van der Waals surface area contributed by atoms with E-state index in [2.05, 4.69) is 30.1 Å². The van der Waals surface area contributed by atoms with Gasteiger partial charge in [0.1, 0.15) is 12.1 Å². The van der Waals surface area contributed by atoms with Gasteiger partial charge in [-0.05, 0) is 30.3 Å². The Bertz CT molecular complexity index is 1300. The van der Waals surface area contributed by atoms with Gasteiger partial charge in [0.15, 0.2) is 15.2 Å². The number of rotatable bonds is 7. The molecule has 4 aromatic rings. The maximum absolute atomic E-state index is 12.5. The number of benzene rings is 1. The van der Waals surface area contributed by atoms with E-state index in [1.165, 1.54) is 19.4 Å². The summed E-state index contributed by atoms with van der Waals surface area (Å²) in [5.41, 5.74) is 0.335. The highest BCUT2D eigenvalue weighted by atomic mass is 32.2. The molecular formula is C18H15N7O4S2. The molecule has 0 aliphatic rings. The van der Waals surface area contributed by atoms with Gasteiger partial charge in [0, 0.05) is 31.1 Å². The highest BCUT2D eigenvalue weighted by Crippen LogP contribution is 2.27. The smallest absolute Gasteiger partial charge is 0.273 e. The van der Waals surface area contributed by atoms with Crippen molar-refractivity contribution < 1.29 is 17.9 Å². The molecule has 0 unspecified atom stereocenters. The van der Waals surface area contributed by atoms with Crippen LogP contribution in [0.1, 0.15) is 6.92 Å². The maximum atomic E-state index is 12.5. The summed E-state index contributed by atoms with van der Waals surface area (Å²) in [6, 6.07) is 9.71. The molecule has 0 saturated carbocycles. The number of nitrogens with zero attached hydrogens (tertiary/aromatic N) is 5. The van der Waals surface area contributed by atoms with Crippen molar-refractivity contribution in [3.63, 3.8) is 0 Å². The zero-order valence-electron chi connectivity index (χ0n) is 16.0. The standard InChI is InChI=1S/C18H15N7O4S2/c1-12(26)23-18-19-10-17(30-18)31(27,28)24-13-3-5-14(6-4-13)29-16-9-15(20-11-21-16)25-8-2-7-22-25/h2-11,24H,1H3,(H,19,23,26). The Morgan fingerprint density at radius 2 is 1.97 bits per heavy atom. The highest BCUT2D eigenvalue weighted by Gasteiger charge is 2.18. The lowest BCUT2D eigenvalue weighted by atomic mass is 10.3. The van der Waals surface area contributed by atoms with Gasteiger partial charge in [-0.15, -0.1) is 0 Å². The molecule has 1 aromatic carbocycles. The lowest BCUT2D eigenvalue weighted by Crippen LogP contribution is -2.11. The first-order valence-electron chi connectivity index (χ1n) is 8.75. The molecule has 31 heavy (non-hydrogen) atoms. The van der Waals surface area contributed by atoms with Crippen LogP contribution in [0.3, 0.4) is 0 Å². The van der Waals surface area contributed by atoms with Crippen LogP contribution in [0, 0.1) is 0 Å². The Balaban J connectivity index is 1.44. The summed E-state index contributed by atoms with van der Waals surface area (Å²) in [4.78, 5) is 23.1. The summed E-state index contributed by atoms with van der Waals surface area (Å²) in [7, 11) is -3.85. The molecule has 13 heteroatoms. The van der Waals surface area contributed by atoms with Gasteiger partial charge < -0.3 is 10.1 Å². The number of hydrogen-bond acceptors (Lipinski definition) is 9. The monoisotopic (exact) mass is 457 g/mol. The number of nitrogens with one attached hydrogen (secondary N) is 2. The second kappa shape index (κ2) is 8.49. The van der Waals surface area contributed by atoms with Crippen molar-refractivity contribution in [1.82, 2.24) is 24.7 Å². The molecular weight excluding hydrogens is 442 g/mol. The Labute approximate surface area is 180 Å². The van der Waals surface area contributed by atoms with Crippen molar-refractivity contribution in [1.29, 1.82) is 0 Å². The van der Waals surface area contributed by atoms with Crippen LogP contribution in [0.2, 0.25) is 0 Å². The average Bonchev–Trinajstić information content (AvgIpc) is 3.42. The largest absolute Gasteiger partial charge is 0.439 e. The first-order chi connectivity index (χ1) is 14.9. The molecule has 0 spiro atoms. The number of carbonyl (C=O) groups excluding carboxylic acids is 1. The van der Waals surface area contributed by atoms with Crippen LogP contribution < -0.4 is 14.8 Å². The predicted octanol–water partition coefficient (Wildman–Crippen LogP) is 2.67. The summed E-state index contributed by atoms with van der Waals surface area (Å²) >= 11 is 0.853. The van der Waals surface area contributed by atoms with Gasteiger partial charge in [0.25, 0.3) is 10.0 Å². The van der Waals surface area contributed by atoms with Gasteiger partial charge in [-0.1, -0.05) is 11.3 Å². The van der Waals surface area contributed by atoms with Gasteiger partial charge >= 0.3 is 0 Å². The Hall–Kier alpha value is -3.84. The number of carbonyl (C=O) groups is 1. The summed E-state index contributed by atoms with van der Waals surface area (Å²) in [6.07, 6.45) is 5.92. The van der Waals surface area contributed by atoms with E-state index >= 15 is 0 Å². The summed E-state index contributed by atoms with van der Waals surface area (Å²) < 4.78 is 34.7. The van der Waals surface area contributed by atoms with E-state index in [9.17, 15) is 13.2 Å². The second-order valence-corrected chi connectivity index (χ2v) is 9.00. The maximum Gasteiger partial charge on any atom is 0.273 e. The normalized spacial score (nSPS) is 11.1. The predicted molar refractivity (Wildman–Crippen MR) is 113 cm³/mol. The number of thiazole rings is 1. The number of amides is 1. The van der Waals surface area contributed by atoms with Gasteiger partial charge in [-0.3, -0.25) is 9.52 Å². The molecule has 11 nitrogen and oxygen atoms in total. The fourth-order valence-corrected chi connectivity index (χ4v) is 4.56. The minimum atomic E-state index is -3.85. The van der Waals surface area contributed by atoms with Crippen molar-refractivity contribution in [2.24, 2.45) is 0 Å². The molecule has 158 valence electrons.